The zero-order valence-corrected chi connectivity index (χ0v) is 22.7. The van der Waals surface area contributed by atoms with Gasteiger partial charge < -0.3 is 13.3 Å². The van der Waals surface area contributed by atoms with E-state index < -0.39 is 8.80 Å². The highest BCUT2D eigenvalue weighted by Gasteiger charge is 2.37. The van der Waals surface area contributed by atoms with Crippen molar-refractivity contribution in [3.63, 3.8) is 0 Å². The number of unbranched alkanes of at least 4 members (excludes halogenated alkanes) is 12. The normalized spacial score (nSPS) is 12.9. The highest BCUT2D eigenvalue weighted by Crippen LogP contribution is 2.22. The van der Waals surface area contributed by atoms with Gasteiger partial charge in [-0.25, -0.2) is 4.57 Å². The Bertz CT molecular complexity index is 517. The summed E-state index contributed by atoms with van der Waals surface area (Å²) in [6.07, 6.45) is 26.1. The van der Waals surface area contributed by atoms with Gasteiger partial charge in [-0.15, -0.1) is 0 Å². The topological polar surface area (TPSA) is 31.6 Å². The fourth-order valence-electron chi connectivity index (χ4n) is 4.61. The van der Waals surface area contributed by atoms with E-state index in [0.717, 1.165) is 18.9 Å². The van der Waals surface area contributed by atoms with E-state index in [-0.39, 0.29) is 0 Å². The van der Waals surface area contributed by atoms with Gasteiger partial charge in [-0.2, -0.15) is 0 Å². The van der Waals surface area contributed by atoms with E-state index in [9.17, 15) is 0 Å². The molecule has 0 aliphatic heterocycles. The molecule has 1 heterocycles. The van der Waals surface area contributed by atoms with Crippen molar-refractivity contribution in [2.24, 2.45) is 0 Å². The standard InChI is InChI=1S/C27H52NO3Si/c1-5-6-7-8-9-10-11-12-13-14-15-16-18-22-27(28-24-19-17-20-25-28)23-21-26-32(29-2,30-3)31-4/h17,19-20,24-25,27H,5-16,18,21-23,26H2,1-4H3/q+1. The monoisotopic (exact) mass is 466 g/mol. The second-order valence-electron chi connectivity index (χ2n) is 9.20. The first-order chi connectivity index (χ1) is 15.7. The summed E-state index contributed by atoms with van der Waals surface area (Å²) < 4.78 is 19.2. The van der Waals surface area contributed by atoms with Crippen LogP contribution < -0.4 is 4.57 Å². The molecule has 186 valence electrons. The molecule has 32 heavy (non-hydrogen) atoms. The Labute approximate surface area is 200 Å². The lowest BCUT2D eigenvalue weighted by Crippen LogP contribution is -2.43. The Morgan fingerprint density at radius 3 is 1.50 bits per heavy atom. The van der Waals surface area contributed by atoms with Crippen LogP contribution in [0.4, 0.5) is 0 Å². The van der Waals surface area contributed by atoms with Crippen molar-refractivity contribution in [1.82, 2.24) is 0 Å². The molecule has 0 radical (unpaired) electrons. The van der Waals surface area contributed by atoms with Gasteiger partial charge in [-0.05, 0) is 12.8 Å². The molecule has 0 N–H and O–H groups in total. The van der Waals surface area contributed by atoms with Gasteiger partial charge in [0.1, 0.15) is 0 Å². The minimum absolute atomic E-state index is 0.543. The Hall–Kier alpha value is -0.753. The maximum absolute atomic E-state index is 5.59. The highest BCUT2D eigenvalue weighted by atomic mass is 28.4. The Morgan fingerprint density at radius 1 is 0.594 bits per heavy atom. The zero-order valence-electron chi connectivity index (χ0n) is 21.7. The minimum atomic E-state index is -2.47. The van der Waals surface area contributed by atoms with Gasteiger partial charge >= 0.3 is 8.80 Å². The van der Waals surface area contributed by atoms with Crippen molar-refractivity contribution in [2.75, 3.05) is 21.3 Å². The summed E-state index contributed by atoms with van der Waals surface area (Å²) in [5.41, 5.74) is 0. The summed E-state index contributed by atoms with van der Waals surface area (Å²) in [4.78, 5) is 0. The van der Waals surface area contributed by atoms with Gasteiger partial charge in [-0.1, -0.05) is 90.0 Å². The first-order valence-electron chi connectivity index (χ1n) is 13.3. The van der Waals surface area contributed by atoms with Crippen molar-refractivity contribution in [3.8, 4) is 0 Å². The third-order valence-electron chi connectivity index (χ3n) is 6.75. The van der Waals surface area contributed by atoms with Crippen LogP contribution in [0.1, 0.15) is 116 Å². The smallest absolute Gasteiger partial charge is 0.377 e. The predicted octanol–water partition coefficient (Wildman–Crippen LogP) is 7.65. The second kappa shape index (κ2) is 19.7. The van der Waals surface area contributed by atoms with Crippen LogP contribution in [0.15, 0.2) is 30.6 Å². The van der Waals surface area contributed by atoms with E-state index in [1.165, 1.54) is 89.9 Å². The molecular weight excluding hydrogens is 414 g/mol. The SMILES string of the molecule is CCCCCCCCCCCCCCCC(CCC[Si](OC)(OC)OC)[n+]1ccccc1. The molecule has 4 nitrogen and oxygen atoms in total. The first kappa shape index (κ1) is 29.3. The third kappa shape index (κ3) is 13.1. The molecule has 0 amide bonds. The lowest BCUT2D eigenvalue weighted by molar-refractivity contribution is -0.724. The fourth-order valence-corrected chi connectivity index (χ4v) is 6.36. The molecule has 5 heteroatoms. The Kier molecular flexibility index (Phi) is 18.0. The molecule has 0 aromatic carbocycles. The van der Waals surface area contributed by atoms with Crippen LogP contribution in [0.25, 0.3) is 0 Å². The Balaban J connectivity index is 2.21. The highest BCUT2D eigenvalue weighted by molar-refractivity contribution is 6.60. The molecule has 1 aromatic heterocycles. The summed E-state index contributed by atoms with van der Waals surface area (Å²) in [6.45, 7) is 2.29. The van der Waals surface area contributed by atoms with Gasteiger partial charge in [0.15, 0.2) is 18.4 Å². The van der Waals surface area contributed by atoms with Crippen molar-refractivity contribution in [2.45, 2.75) is 122 Å². The third-order valence-corrected chi connectivity index (χ3v) is 9.59. The van der Waals surface area contributed by atoms with Crippen molar-refractivity contribution in [3.05, 3.63) is 30.6 Å². The van der Waals surface area contributed by atoms with E-state index in [4.69, 9.17) is 13.3 Å². The van der Waals surface area contributed by atoms with Gasteiger partial charge in [0.25, 0.3) is 0 Å². The van der Waals surface area contributed by atoms with Gasteiger partial charge in [-0.3, -0.25) is 0 Å². The quantitative estimate of drug-likeness (QED) is 0.0998. The number of aromatic nitrogens is 1. The summed E-state index contributed by atoms with van der Waals surface area (Å²) in [5.74, 6) is 0. The summed E-state index contributed by atoms with van der Waals surface area (Å²) >= 11 is 0. The predicted molar refractivity (Wildman–Crippen MR) is 137 cm³/mol. The molecule has 0 aliphatic carbocycles. The molecule has 0 fully saturated rings. The van der Waals surface area contributed by atoms with Crippen LogP contribution in [-0.4, -0.2) is 30.1 Å². The van der Waals surface area contributed by atoms with E-state index in [0.29, 0.717) is 6.04 Å². The molecular formula is C27H52NO3Si+. The molecule has 1 unspecified atom stereocenters. The average Bonchev–Trinajstić information content (AvgIpc) is 2.84. The Morgan fingerprint density at radius 2 is 1.03 bits per heavy atom. The van der Waals surface area contributed by atoms with E-state index in [2.05, 4.69) is 42.1 Å². The first-order valence-corrected chi connectivity index (χ1v) is 15.3. The molecule has 0 saturated heterocycles. The lowest BCUT2D eigenvalue weighted by Gasteiger charge is -2.24. The molecule has 0 saturated carbocycles. The summed E-state index contributed by atoms with van der Waals surface area (Å²) in [5, 5.41) is 0. The van der Waals surface area contributed by atoms with Crippen molar-refractivity contribution >= 4 is 8.80 Å². The van der Waals surface area contributed by atoms with Crippen molar-refractivity contribution < 1.29 is 17.8 Å². The maximum atomic E-state index is 5.59. The van der Waals surface area contributed by atoms with Gasteiger partial charge in [0.05, 0.1) is 0 Å². The molecule has 1 atom stereocenters. The van der Waals surface area contributed by atoms with Crippen LogP contribution in [0, 0.1) is 0 Å². The summed E-state index contributed by atoms with van der Waals surface area (Å²) in [7, 11) is 2.65. The molecule has 0 aliphatic rings. The van der Waals surface area contributed by atoms with Gasteiger partial charge in [0.2, 0.25) is 0 Å². The number of rotatable bonds is 22. The number of pyridine rings is 1. The van der Waals surface area contributed by atoms with Crippen molar-refractivity contribution in [1.29, 1.82) is 0 Å². The van der Waals surface area contributed by atoms with Crippen LogP contribution in [0.3, 0.4) is 0 Å². The molecule has 0 spiro atoms. The molecule has 1 aromatic rings. The second-order valence-corrected chi connectivity index (χ2v) is 12.3. The van der Waals surface area contributed by atoms with E-state index in [1.807, 2.05) is 0 Å². The van der Waals surface area contributed by atoms with Crippen LogP contribution in [0.2, 0.25) is 6.04 Å². The van der Waals surface area contributed by atoms with Crippen LogP contribution in [-0.2, 0) is 13.3 Å². The number of hydrogen-bond acceptors (Lipinski definition) is 3. The fraction of sp³-hybridized carbons (Fsp3) is 0.815. The number of nitrogens with zero attached hydrogens (tertiary/aromatic N) is 1. The van der Waals surface area contributed by atoms with E-state index in [1.54, 1.807) is 21.3 Å². The van der Waals surface area contributed by atoms with Crippen LogP contribution >= 0.6 is 0 Å². The van der Waals surface area contributed by atoms with E-state index >= 15 is 0 Å². The largest absolute Gasteiger partial charge is 0.500 e. The maximum Gasteiger partial charge on any atom is 0.500 e. The average molecular weight is 467 g/mol. The molecule has 1 rings (SSSR count). The van der Waals surface area contributed by atoms with Crippen LogP contribution in [0.5, 0.6) is 0 Å². The molecule has 0 bridgehead atoms. The summed E-state index contributed by atoms with van der Waals surface area (Å²) in [6, 6.07) is 7.78. The minimum Gasteiger partial charge on any atom is -0.377 e. The lowest BCUT2D eigenvalue weighted by atomic mass is 10.0. The number of hydrogen-bond donors (Lipinski definition) is 0. The zero-order chi connectivity index (χ0) is 23.3. The van der Waals surface area contributed by atoms with Gasteiger partial charge in [0, 0.05) is 52.3 Å².